The number of urea groups is 1. The summed E-state index contributed by atoms with van der Waals surface area (Å²) in [4.78, 5) is 44.4. The number of aromatic nitrogens is 1. The van der Waals surface area contributed by atoms with E-state index in [0.29, 0.717) is 22.2 Å². The molecule has 3 heterocycles. The molecule has 2 aliphatic heterocycles. The van der Waals surface area contributed by atoms with Crippen LogP contribution in [0.2, 0.25) is 10.0 Å². The molecular formula is C35H42Cl2N6O3. The standard InChI is InChI=1S/C35H42Cl2N6O3/c1-40(34(44)28-20-29(36)22-30(37)21-28)25-33(39-46-2)32(27-9-4-3-5-10-27)13-19-41-17-11-31(12-18-41)43-16-7-15-42(35(43)45)24-26-8-6-14-38-23-26/h3-6,8-10,14,20-23,31-32H,7,11-13,15-19,24-25H2,1-2H3/b39-33+. The monoisotopic (exact) mass is 664 g/mol. The Balaban J connectivity index is 1.20. The van der Waals surface area contributed by atoms with Crippen molar-refractivity contribution in [3.63, 3.8) is 0 Å². The van der Waals surface area contributed by atoms with Crippen LogP contribution in [-0.4, -0.2) is 102 Å². The van der Waals surface area contributed by atoms with Gasteiger partial charge in [0.1, 0.15) is 7.11 Å². The van der Waals surface area contributed by atoms with Crippen LogP contribution in [0.1, 0.15) is 53.1 Å². The molecule has 1 aromatic heterocycles. The minimum atomic E-state index is -0.201. The summed E-state index contributed by atoms with van der Waals surface area (Å²) in [7, 11) is 3.28. The lowest BCUT2D eigenvalue weighted by Crippen LogP contribution is -2.55. The Morgan fingerprint density at radius 2 is 1.78 bits per heavy atom. The molecule has 3 aromatic rings. The number of amides is 3. The Labute approximate surface area is 281 Å². The van der Waals surface area contributed by atoms with Gasteiger partial charge in [-0.1, -0.05) is 64.8 Å². The molecule has 2 aliphatic rings. The van der Waals surface area contributed by atoms with Crippen LogP contribution < -0.4 is 0 Å². The van der Waals surface area contributed by atoms with Crippen molar-refractivity contribution in [1.29, 1.82) is 0 Å². The third-order valence-electron chi connectivity index (χ3n) is 8.84. The number of carbonyl (C=O) groups excluding carboxylic acids is 2. The summed E-state index contributed by atoms with van der Waals surface area (Å²) in [5, 5.41) is 5.25. The Kier molecular flexibility index (Phi) is 11.9. The molecule has 1 atom stereocenters. The van der Waals surface area contributed by atoms with Gasteiger partial charge in [-0.05, 0) is 67.6 Å². The fourth-order valence-electron chi connectivity index (χ4n) is 6.51. The van der Waals surface area contributed by atoms with E-state index in [1.54, 1.807) is 36.3 Å². The van der Waals surface area contributed by atoms with Gasteiger partial charge < -0.3 is 24.4 Å². The lowest BCUT2D eigenvalue weighted by atomic mass is 9.89. The third-order valence-corrected chi connectivity index (χ3v) is 9.28. The summed E-state index contributed by atoms with van der Waals surface area (Å²) in [6.07, 6.45) is 7.27. The summed E-state index contributed by atoms with van der Waals surface area (Å²) >= 11 is 12.3. The highest BCUT2D eigenvalue weighted by Gasteiger charge is 2.33. The Morgan fingerprint density at radius 1 is 1.04 bits per heavy atom. The molecule has 0 radical (unpaired) electrons. The quantitative estimate of drug-likeness (QED) is 0.165. The number of hydrogen-bond acceptors (Lipinski definition) is 6. The zero-order valence-electron chi connectivity index (χ0n) is 26.5. The number of hydrogen-bond donors (Lipinski definition) is 0. The van der Waals surface area contributed by atoms with Gasteiger partial charge in [-0.25, -0.2) is 4.79 Å². The minimum Gasteiger partial charge on any atom is -0.399 e. The summed E-state index contributed by atoms with van der Waals surface area (Å²) < 4.78 is 0. The van der Waals surface area contributed by atoms with E-state index in [-0.39, 0.29) is 30.4 Å². The minimum absolute atomic E-state index is 0.0539. The predicted octanol–water partition coefficient (Wildman–Crippen LogP) is 6.43. The molecule has 9 nitrogen and oxygen atoms in total. The predicted molar refractivity (Wildman–Crippen MR) is 182 cm³/mol. The van der Waals surface area contributed by atoms with Crippen LogP contribution >= 0.6 is 23.2 Å². The molecule has 0 aliphatic carbocycles. The molecule has 11 heteroatoms. The largest absolute Gasteiger partial charge is 0.399 e. The van der Waals surface area contributed by atoms with E-state index in [1.807, 2.05) is 41.4 Å². The second-order valence-electron chi connectivity index (χ2n) is 12.0. The third kappa shape index (κ3) is 8.78. The van der Waals surface area contributed by atoms with Crippen molar-refractivity contribution in [3.05, 3.63) is 99.8 Å². The number of halogens is 2. The summed E-state index contributed by atoms with van der Waals surface area (Å²) in [5.41, 5.74) is 3.36. The number of rotatable bonds is 12. The molecule has 5 rings (SSSR count). The van der Waals surface area contributed by atoms with Gasteiger partial charge in [0.15, 0.2) is 0 Å². The smallest absolute Gasteiger partial charge is 0.320 e. The zero-order valence-corrected chi connectivity index (χ0v) is 28.0. The maximum Gasteiger partial charge on any atom is 0.320 e. The molecule has 244 valence electrons. The first-order valence-corrected chi connectivity index (χ1v) is 16.6. The van der Waals surface area contributed by atoms with Crippen LogP contribution in [0.25, 0.3) is 0 Å². The van der Waals surface area contributed by atoms with Gasteiger partial charge in [0, 0.05) is 79.7 Å². The van der Waals surface area contributed by atoms with Gasteiger partial charge in [0.2, 0.25) is 0 Å². The highest BCUT2D eigenvalue weighted by molar-refractivity contribution is 6.35. The molecule has 0 bridgehead atoms. The number of nitrogens with zero attached hydrogens (tertiary/aromatic N) is 6. The maximum absolute atomic E-state index is 13.4. The van der Waals surface area contributed by atoms with E-state index in [0.717, 1.165) is 75.2 Å². The molecule has 0 N–H and O–H groups in total. The Morgan fingerprint density at radius 3 is 2.46 bits per heavy atom. The van der Waals surface area contributed by atoms with Crippen molar-refractivity contribution in [2.24, 2.45) is 5.16 Å². The Bertz CT molecular complexity index is 1460. The lowest BCUT2D eigenvalue weighted by Gasteiger charge is -2.43. The van der Waals surface area contributed by atoms with Crippen molar-refractivity contribution in [2.75, 3.05) is 53.4 Å². The molecule has 2 fully saturated rings. The Hall–Kier alpha value is -3.66. The average Bonchev–Trinajstić information content (AvgIpc) is 3.06. The normalized spacial score (nSPS) is 17.2. The van der Waals surface area contributed by atoms with Crippen LogP contribution in [0.4, 0.5) is 4.79 Å². The first-order valence-electron chi connectivity index (χ1n) is 15.9. The van der Waals surface area contributed by atoms with Crippen LogP contribution in [-0.2, 0) is 11.4 Å². The highest BCUT2D eigenvalue weighted by atomic mass is 35.5. The molecule has 0 spiro atoms. The number of oxime groups is 1. The first kappa shape index (κ1) is 33.7. The van der Waals surface area contributed by atoms with Gasteiger partial charge in [0.25, 0.3) is 5.91 Å². The second-order valence-corrected chi connectivity index (χ2v) is 12.9. The first-order chi connectivity index (χ1) is 22.3. The van der Waals surface area contributed by atoms with Crippen LogP contribution in [0.3, 0.4) is 0 Å². The van der Waals surface area contributed by atoms with Crippen molar-refractivity contribution in [2.45, 2.75) is 44.2 Å². The molecule has 1 unspecified atom stereocenters. The summed E-state index contributed by atoms with van der Waals surface area (Å²) in [6, 6.07) is 19.4. The molecule has 2 aromatic carbocycles. The zero-order chi connectivity index (χ0) is 32.5. The van der Waals surface area contributed by atoms with Crippen molar-refractivity contribution >= 4 is 40.9 Å². The van der Waals surface area contributed by atoms with Crippen LogP contribution in [0.15, 0.2) is 78.2 Å². The molecule has 3 amide bonds. The fourth-order valence-corrected chi connectivity index (χ4v) is 7.04. The van der Waals surface area contributed by atoms with Crippen LogP contribution in [0.5, 0.6) is 0 Å². The number of piperidine rings is 1. The van der Waals surface area contributed by atoms with Gasteiger partial charge in [-0.2, -0.15) is 0 Å². The van der Waals surface area contributed by atoms with Crippen LogP contribution in [0, 0.1) is 0 Å². The molecular weight excluding hydrogens is 623 g/mol. The summed E-state index contributed by atoms with van der Waals surface area (Å²) in [6.45, 7) is 5.17. The molecule has 46 heavy (non-hydrogen) atoms. The van der Waals surface area contributed by atoms with E-state index >= 15 is 0 Å². The number of benzene rings is 2. The number of pyridine rings is 1. The highest BCUT2D eigenvalue weighted by Crippen LogP contribution is 2.27. The van der Waals surface area contributed by atoms with Crippen molar-refractivity contribution in [3.8, 4) is 0 Å². The summed E-state index contributed by atoms with van der Waals surface area (Å²) in [5.74, 6) is -0.255. The molecule has 2 saturated heterocycles. The maximum atomic E-state index is 13.4. The van der Waals surface area contributed by atoms with Gasteiger partial charge in [-0.15, -0.1) is 0 Å². The average molecular weight is 666 g/mol. The van der Waals surface area contributed by atoms with Gasteiger partial charge >= 0.3 is 6.03 Å². The number of carbonyl (C=O) groups is 2. The van der Waals surface area contributed by atoms with Gasteiger partial charge in [0.05, 0.1) is 12.3 Å². The van der Waals surface area contributed by atoms with E-state index in [1.165, 1.54) is 7.11 Å². The van der Waals surface area contributed by atoms with E-state index in [9.17, 15) is 9.59 Å². The van der Waals surface area contributed by atoms with E-state index < -0.39 is 0 Å². The van der Waals surface area contributed by atoms with E-state index in [4.69, 9.17) is 28.0 Å². The van der Waals surface area contributed by atoms with Gasteiger partial charge in [-0.3, -0.25) is 9.78 Å². The fraction of sp³-hybridized carbons (Fsp3) is 0.429. The SMILES string of the molecule is CO/N=C(\CN(C)C(=O)c1cc(Cl)cc(Cl)c1)C(CCN1CCC(N2CCCN(Cc3cccnc3)C2=O)CC1)c1ccccc1. The number of likely N-dealkylation sites (tertiary alicyclic amines) is 1. The van der Waals surface area contributed by atoms with Crippen molar-refractivity contribution < 1.29 is 14.4 Å². The second kappa shape index (κ2) is 16.3. The molecule has 0 saturated carbocycles. The lowest BCUT2D eigenvalue weighted by molar-refractivity contribution is 0.0760. The topological polar surface area (TPSA) is 81.6 Å². The van der Waals surface area contributed by atoms with Crippen molar-refractivity contribution in [1.82, 2.24) is 24.6 Å². The van der Waals surface area contributed by atoms with E-state index in [2.05, 4.69) is 32.1 Å².